The second-order valence-electron chi connectivity index (χ2n) is 5.48. The van der Waals surface area contributed by atoms with Gasteiger partial charge in [0.15, 0.2) is 0 Å². The fourth-order valence-electron chi connectivity index (χ4n) is 2.59. The summed E-state index contributed by atoms with van der Waals surface area (Å²) in [6.07, 6.45) is 5.46. The summed E-state index contributed by atoms with van der Waals surface area (Å²) in [4.78, 5) is 2.44. The maximum Gasteiger partial charge on any atom is 0.0409 e. The average Bonchev–Trinajstić information content (AvgIpc) is 2.34. The Balaban J connectivity index is 1.96. The summed E-state index contributed by atoms with van der Waals surface area (Å²) in [5.74, 6) is 0.923. The van der Waals surface area contributed by atoms with E-state index in [0.717, 1.165) is 19.0 Å². The summed E-state index contributed by atoms with van der Waals surface area (Å²) in [5.41, 5.74) is 2.82. The zero-order valence-electron chi connectivity index (χ0n) is 11.8. The fourth-order valence-corrected chi connectivity index (χ4v) is 2.59. The third kappa shape index (κ3) is 3.49. The van der Waals surface area contributed by atoms with Crippen molar-refractivity contribution in [2.24, 2.45) is 5.92 Å². The highest BCUT2D eigenvalue weighted by molar-refractivity contribution is 5.53. The van der Waals surface area contributed by atoms with Gasteiger partial charge in [-0.05, 0) is 43.4 Å². The lowest BCUT2D eigenvalue weighted by Crippen LogP contribution is -2.30. The van der Waals surface area contributed by atoms with Crippen LogP contribution in [-0.2, 0) is 6.54 Å². The maximum absolute atomic E-state index is 3.50. The summed E-state index contributed by atoms with van der Waals surface area (Å²) in [6, 6.07) is 8.79. The van der Waals surface area contributed by atoms with E-state index in [-0.39, 0.29) is 0 Å². The van der Waals surface area contributed by atoms with E-state index in [1.165, 1.54) is 43.5 Å². The van der Waals surface area contributed by atoms with Crippen molar-refractivity contribution < 1.29 is 0 Å². The lowest BCUT2D eigenvalue weighted by molar-refractivity contribution is 0.321. The molecular formula is C16H26N2. The van der Waals surface area contributed by atoms with Crippen LogP contribution >= 0.6 is 0 Å². The molecule has 0 atom stereocenters. The average molecular weight is 246 g/mol. The van der Waals surface area contributed by atoms with E-state index in [9.17, 15) is 0 Å². The minimum absolute atomic E-state index is 0.923. The molecular weight excluding hydrogens is 220 g/mol. The number of benzene rings is 1. The Labute approximate surface area is 111 Å². The zero-order valence-corrected chi connectivity index (χ0v) is 11.8. The van der Waals surface area contributed by atoms with Crippen LogP contribution in [0.1, 0.15) is 38.2 Å². The number of hydrogen-bond donors (Lipinski definition) is 1. The minimum Gasteiger partial charge on any atom is -0.374 e. The molecule has 2 nitrogen and oxygen atoms in total. The van der Waals surface area contributed by atoms with Crippen LogP contribution in [0.2, 0.25) is 0 Å². The van der Waals surface area contributed by atoms with Gasteiger partial charge in [-0.15, -0.1) is 0 Å². The molecule has 1 aromatic carbocycles. The Morgan fingerprint density at radius 3 is 2.72 bits per heavy atom. The first kappa shape index (κ1) is 13.4. The molecule has 0 saturated heterocycles. The molecule has 0 radical (unpaired) electrons. The Hall–Kier alpha value is -1.02. The first-order valence-corrected chi connectivity index (χ1v) is 7.31. The predicted molar refractivity (Wildman–Crippen MR) is 79.1 cm³/mol. The predicted octanol–water partition coefficient (Wildman–Crippen LogP) is 3.42. The SMILES string of the molecule is CCCNCc1ccccc1N(C)CC1CCC1. The molecule has 0 unspecified atom stereocenters. The molecule has 0 spiro atoms. The molecule has 0 heterocycles. The van der Waals surface area contributed by atoms with Crippen LogP contribution in [0.15, 0.2) is 24.3 Å². The van der Waals surface area contributed by atoms with Crippen molar-refractivity contribution >= 4 is 5.69 Å². The molecule has 1 aromatic rings. The van der Waals surface area contributed by atoms with Crippen molar-refractivity contribution in [2.45, 2.75) is 39.2 Å². The molecule has 1 fully saturated rings. The second kappa shape index (κ2) is 6.79. The van der Waals surface area contributed by atoms with Gasteiger partial charge < -0.3 is 10.2 Å². The molecule has 1 N–H and O–H groups in total. The Bertz CT molecular complexity index is 358. The minimum atomic E-state index is 0.923. The van der Waals surface area contributed by atoms with Crippen LogP contribution < -0.4 is 10.2 Å². The van der Waals surface area contributed by atoms with Gasteiger partial charge in [-0.2, -0.15) is 0 Å². The van der Waals surface area contributed by atoms with Crippen LogP contribution in [0.3, 0.4) is 0 Å². The monoisotopic (exact) mass is 246 g/mol. The number of rotatable bonds is 7. The zero-order chi connectivity index (χ0) is 12.8. The van der Waals surface area contributed by atoms with Crippen LogP contribution in [0, 0.1) is 5.92 Å². The van der Waals surface area contributed by atoms with Gasteiger partial charge in [0.25, 0.3) is 0 Å². The van der Waals surface area contributed by atoms with Crippen LogP contribution in [0.25, 0.3) is 0 Å². The van der Waals surface area contributed by atoms with Gasteiger partial charge in [0.05, 0.1) is 0 Å². The molecule has 0 aromatic heterocycles. The normalized spacial score (nSPS) is 15.4. The summed E-state index contributed by atoms with van der Waals surface area (Å²) in [6.45, 7) is 5.51. The molecule has 0 bridgehead atoms. The van der Waals surface area contributed by atoms with Gasteiger partial charge >= 0.3 is 0 Å². The summed E-state index contributed by atoms with van der Waals surface area (Å²) >= 11 is 0. The largest absolute Gasteiger partial charge is 0.374 e. The van der Waals surface area contributed by atoms with Crippen molar-refractivity contribution in [3.05, 3.63) is 29.8 Å². The van der Waals surface area contributed by atoms with Crippen molar-refractivity contribution in [1.82, 2.24) is 5.32 Å². The summed E-state index contributed by atoms with van der Waals surface area (Å²) in [7, 11) is 2.23. The van der Waals surface area contributed by atoms with Gasteiger partial charge in [0, 0.05) is 25.8 Å². The maximum atomic E-state index is 3.50. The van der Waals surface area contributed by atoms with E-state index in [2.05, 4.69) is 48.5 Å². The van der Waals surface area contributed by atoms with Gasteiger partial charge in [-0.3, -0.25) is 0 Å². The second-order valence-corrected chi connectivity index (χ2v) is 5.48. The van der Waals surface area contributed by atoms with Crippen LogP contribution in [0.4, 0.5) is 5.69 Å². The van der Waals surface area contributed by atoms with Gasteiger partial charge in [-0.25, -0.2) is 0 Å². The van der Waals surface area contributed by atoms with Crippen LogP contribution in [0.5, 0.6) is 0 Å². The number of nitrogens with one attached hydrogen (secondary N) is 1. The van der Waals surface area contributed by atoms with E-state index in [1.807, 2.05) is 0 Å². The standard InChI is InChI=1S/C16H26N2/c1-3-11-17-12-15-9-4-5-10-16(15)18(2)13-14-7-6-8-14/h4-5,9-10,14,17H,3,6-8,11-13H2,1-2H3. The van der Waals surface area contributed by atoms with E-state index in [0.29, 0.717) is 0 Å². The van der Waals surface area contributed by atoms with E-state index < -0.39 is 0 Å². The number of para-hydroxylation sites is 1. The van der Waals surface area contributed by atoms with Crippen molar-refractivity contribution in [1.29, 1.82) is 0 Å². The molecule has 1 saturated carbocycles. The molecule has 100 valence electrons. The van der Waals surface area contributed by atoms with Gasteiger partial charge in [0.2, 0.25) is 0 Å². The van der Waals surface area contributed by atoms with Crippen molar-refractivity contribution in [3.63, 3.8) is 0 Å². The van der Waals surface area contributed by atoms with Crippen molar-refractivity contribution in [3.8, 4) is 0 Å². The Kier molecular flexibility index (Phi) is 5.06. The van der Waals surface area contributed by atoms with Crippen LogP contribution in [-0.4, -0.2) is 20.1 Å². The highest BCUT2D eigenvalue weighted by atomic mass is 15.1. The quantitative estimate of drug-likeness (QED) is 0.742. The van der Waals surface area contributed by atoms with Gasteiger partial charge in [0.1, 0.15) is 0 Å². The first-order valence-electron chi connectivity index (χ1n) is 7.31. The van der Waals surface area contributed by atoms with E-state index in [4.69, 9.17) is 0 Å². The molecule has 2 rings (SSSR count). The molecule has 1 aliphatic rings. The third-order valence-corrected chi connectivity index (χ3v) is 3.90. The molecule has 0 aliphatic heterocycles. The third-order valence-electron chi connectivity index (χ3n) is 3.90. The summed E-state index contributed by atoms with van der Waals surface area (Å²) in [5, 5.41) is 3.50. The Morgan fingerprint density at radius 2 is 2.06 bits per heavy atom. The number of hydrogen-bond acceptors (Lipinski definition) is 2. The smallest absolute Gasteiger partial charge is 0.0409 e. The highest BCUT2D eigenvalue weighted by Gasteiger charge is 2.19. The number of anilines is 1. The highest BCUT2D eigenvalue weighted by Crippen LogP contribution is 2.29. The van der Waals surface area contributed by atoms with Gasteiger partial charge in [-0.1, -0.05) is 31.5 Å². The topological polar surface area (TPSA) is 15.3 Å². The molecule has 2 heteroatoms. The van der Waals surface area contributed by atoms with E-state index >= 15 is 0 Å². The lowest BCUT2D eigenvalue weighted by atomic mass is 9.85. The fraction of sp³-hybridized carbons (Fsp3) is 0.625. The summed E-state index contributed by atoms with van der Waals surface area (Å²) < 4.78 is 0. The lowest BCUT2D eigenvalue weighted by Gasteiger charge is -2.32. The molecule has 18 heavy (non-hydrogen) atoms. The molecule has 1 aliphatic carbocycles. The van der Waals surface area contributed by atoms with E-state index in [1.54, 1.807) is 0 Å². The number of nitrogens with zero attached hydrogens (tertiary/aromatic N) is 1. The van der Waals surface area contributed by atoms with Crippen molar-refractivity contribution in [2.75, 3.05) is 25.0 Å². The first-order chi connectivity index (χ1) is 8.81. The molecule has 0 amide bonds. The Morgan fingerprint density at radius 1 is 1.28 bits per heavy atom.